The summed E-state index contributed by atoms with van der Waals surface area (Å²) in [5.74, 6) is 1.05. The highest BCUT2D eigenvalue weighted by atomic mass is 127. The fourth-order valence-corrected chi connectivity index (χ4v) is 4.14. The molecule has 0 aliphatic rings. The predicted octanol–water partition coefficient (Wildman–Crippen LogP) is 7.07. The molecule has 0 aliphatic carbocycles. The molecule has 4 heteroatoms. The van der Waals surface area contributed by atoms with Gasteiger partial charge in [-0.15, -0.1) is 0 Å². The summed E-state index contributed by atoms with van der Waals surface area (Å²) in [5.41, 5.74) is 2.44. The summed E-state index contributed by atoms with van der Waals surface area (Å²) in [7, 11) is -2.97. The lowest BCUT2D eigenvalue weighted by Gasteiger charge is -2.40. The third kappa shape index (κ3) is 9.61. The highest BCUT2D eigenvalue weighted by molar-refractivity contribution is 14.1. The standard InChI is InChI=1S/C19H39IOSi2/c1-16(15-20)11-12-17(2)18(13-14-22(6,7)8)21-23(9,10)19(3,4)5/h11-14,16-18H,15H2,1-10H3/b12-11+,14-13+/t16-,17-,18-/m1/s1. The molecule has 0 fully saturated rings. The van der Waals surface area contributed by atoms with E-state index in [1.807, 2.05) is 0 Å². The summed E-state index contributed by atoms with van der Waals surface area (Å²) in [4.78, 5) is 0. The van der Waals surface area contributed by atoms with Crippen LogP contribution in [0, 0.1) is 11.8 Å². The van der Waals surface area contributed by atoms with Gasteiger partial charge in [-0.1, -0.05) is 101 Å². The highest BCUT2D eigenvalue weighted by Crippen LogP contribution is 2.38. The minimum Gasteiger partial charge on any atom is -0.410 e. The lowest BCUT2D eigenvalue weighted by molar-refractivity contribution is 0.190. The van der Waals surface area contributed by atoms with Crippen LogP contribution in [0.25, 0.3) is 0 Å². The van der Waals surface area contributed by atoms with Crippen molar-refractivity contribution in [3.8, 4) is 0 Å². The van der Waals surface area contributed by atoms with E-state index in [0.29, 0.717) is 11.8 Å². The molecule has 0 rings (SSSR count). The fourth-order valence-electron chi connectivity index (χ4n) is 1.75. The second-order valence-corrected chi connectivity index (χ2v) is 20.1. The van der Waals surface area contributed by atoms with Crippen molar-refractivity contribution in [2.45, 2.75) is 78.5 Å². The molecule has 3 atom stereocenters. The Morgan fingerprint density at radius 2 is 1.48 bits per heavy atom. The Morgan fingerprint density at radius 1 is 0.957 bits per heavy atom. The Balaban J connectivity index is 5.32. The molecule has 1 nitrogen and oxygen atoms in total. The maximum atomic E-state index is 6.75. The van der Waals surface area contributed by atoms with E-state index in [1.54, 1.807) is 0 Å². The molecule has 0 aromatic carbocycles. The van der Waals surface area contributed by atoms with Crippen LogP contribution >= 0.6 is 22.6 Å². The molecule has 0 spiro atoms. The molecule has 0 amide bonds. The highest BCUT2D eigenvalue weighted by Gasteiger charge is 2.39. The van der Waals surface area contributed by atoms with Gasteiger partial charge < -0.3 is 4.43 Å². The maximum Gasteiger partial charge on any atom is 0.192 e. The molecule has 0 radical (unpaired) electrons. The first-order chi connectivity index (χ1) is 10.2. The second kappa shape index (κ2) is 9.34. The Bertz CT molecular complexity index is 403. The van der Waals surface area contributed by atoms with Crippen molar-refractivity contribution in [2.24, 2.45) is 11.8 Å². The quantitative estimate of drug-likeness (QED) is 0.161. The first-order valence-electron chi connectivity index (χ1n) is 8.81. The maximum absolute atomic E-state index is 6.75. The molecule has 0 saturated carbocycles. The van der Waals surface area contributed by atoms with Crippen molar-refractivity contribution in [2.75, 3.05) is 4.43 Å². The summed E-state index contributed by atoms with van der Waals surface area (Å²) < 4.78 is 7.91. The van der Waals surface area contributed by atoms with Crippen LogP contribution in [0.2, 0.25) is 37.8 Å². The molecule has 0 bridgehead atoms. The van der Waals surface area contributed by atoms with Gasteiger partial charge in [-0.2, -0.15) is 0 Å². The molecule has 0 unspecified atom stereocenters. The van der Waals surface area contributed by atoms with Gasteiger partial charge in [0.1, 0.15) is 0 Å². The summed E-state index contributed by atoms with van der Waals surface area (Å²) in [6.07, 6.45) is 7.26. The zero-order chi connectivity index (χ0) is 18.5. The van der Waals surface area contributed by atoms with Crippen LogP contribution in [0.5, 0.6) is 0 Å². The Hall–Kier alpha value is 0.604. The number of rotatable bonds is 8. The number of alkyl halides is 1. The lowest BCUT2D eigenvalue weighted by Crippen LogP contribution is -2.45. The molecule has 23 heavy (non-hydrogen) atoms. The van der Waals surface area contributed by atoms with Crippen molar-refractivity contribution in [3.63, 3.8) is 0 Å². The van der Waals surface area contributed by atoms with Gasteiger partial charge in [-0.3, -0.25) is 0 Å². The topological polar surface area (TPSA) is 9.23 Å². The van der Waals surface area contributed by atoms with Gasteiger partial charge in [0.15, 0.2) is 8.32 Å². The molecule has 0 aliphatic heterocycles. The molecule has 0 N–H and O–H groups in total. The van der Waals surface area contributed by atoms with E-state index in [1.165, 1.54) is 4.43 Å². The van der Waals surface area contributed by atoms with Gasteiger partial charge in [0, 0.05) is 10.3 Å². The van der Waals surface area contributed by atoms with Crippen LogP contribution in [0.4, 0.5) is 0 Å². The molecule has 136 valence electrons. The third-order valence-corrected chi connectivity index (χ3v) is 11.6. The molecular formula is C19H39IOSi2. The van der Waals surface area contributed by atoms with E-state index < -0.39 is 16.4 Å². The first kappa shape index (κ1) is 23.6. The first-order valence-corrected chi connectivity index (χ1v) is 16.8. The molecule has 0 aromatic rings. The molecule has 0 saturated heterocycles. The van der Waals surface area contributed by atoms with E-state index in [9.17, 15) is 0 Å². The minimum atomic E-state index is -1.76. The van der Waals surface area contributed by atoms with Crippen molar-refractivity contribution in [1.82, 2.24) is 0 Å². The lowest BCUT2D eigenvalue weighted by atomic mass is 10.0. The van der Waals surface area contributed by atoms with Crippen LogP contribution in [-0.4, -0.2) is 26.9 Å². The van der Waals surface area contributed by atoms with Gasteiger partial charge in [0.25, 0.3) is 0 Å². The zero-order valence-corrected chi connectivity index (χ0v) is 21.2. The van der Waals surface area contributed by atoms with Crippen molar-refractivity contribution >= 4 is 39.0 Å². The van der Waals surface area contributed by atoms with Crippen molar-refractivity contribution in [3.05, 3.63) is 23.9 Å². The molecular weight excluding hydrogens is 427 g/mol. The van der Waals surface area contributed by atoms with Crippen LogP contribution < -0.4 is 0 Å². The molecule has 0 heterocycles. The Labute approximate surface area is 161 Å². The Kier molecular flexibility index (Phi) is 9.59. The average Bonchev–Trinajstić information content (AvgIpc) is 2.37. The smallest absolute Gasteiger partial charge is 0.192 e. The fraction of sp³-hybridized carbons (Fsp3) is 0.789. The van der Waals surface area contributed by atoms with Crippen LogP contribution in [0.1, 0.15) is 34.6 Å². The van der Waals surface area contributed by atoms with E-state index in [-0.39, 0.29) is 11.1 Å². The second-order valence-electron chi connectivity index (χ2n) is 9.44. The van der Waals surface area contributed by atoms with Crippen molar-refractivity contribution < 1.29 is 4.43 Å². The summed E-state index contributed by atoms with van der Waals surface area (Å²) >= 11 is 2.45. The van der Waals surface area contributed by atoms with Crippen LogP contribution in [0.15, 0.2) is 23.9 Å². The SMILES string of the molecule is C[C@H](/C=C/[C@@H](C)[C@@H](/C=C/[Si](C)(C)C)O[Si](C)(C)C(C)(C)C)CI. The minimum absolute atomic E-state index is 0.195. The average molecular weight is 467 g/mol. The number of hydrogen-bond acceptors (Lipinski definition) is 1. The normalized spacial score (nSPS) is 18.6. The number of allylic oxidation sites excluding steroid dienone is 1. The van der Waals surface area contributed by atoms with Gasteiger partial charge in [0.2, 0.25) is 0 Å². The monoisotopic (exact) mass is 466 g/mol. The largest absolute Gasteiger partial charge is 0.410 e. The summed E-state index contributed by atoms with van der Waals surface area (Å²) in [6, 6.07) is 0. The van der Waals surface area contributed by atoms with Gasteiger partial charge in [-0.25, -0.2) is 0 Å². The Morgan fingerprint density at radius 3 is 1.87 bits per heavy atom. The molecule has 0 aromatic heterocycles. The number of halogens is 1. The number of hydrogen-bond donors (Lipinski definition) is 0. The van der Waals surface area contributed by atoms with Crippen molar-refractivity contribution in [1.29, 1.82) is 0 Å². The zero-order valence-electron chi connectivity index (χ0n) is 17.0. The summed E-state index contributed by atoms with van der Waals surface area (Å²) in [5, 5.41) is 0.247. The van der Waals surface area contributed by atoms with Gasteiger partial charge in [0.05, 0.1) is 14.2 Å². The van der Waals surface area contributed by atoms with E-state index >= 15 is 0 Å². The summed E-state index contributed by atoms with van der Waals surface area (Å²) in [6.45, 7) is 23.4. The third-order valence-electron chi connectivity index (χ3n) is 4.53. The van der Waals surface area contributed by atoms with E-state index in [2.05, 4.69) is 114 Å². The van der Waals surface area contributed by atoms with Crippen LogP contribution in [0.3, 0.4) is 0 Å². The van der Waals surface area contributed by atoms with E-state index in [4.69, 9.17) is 4.43 Å². The van der Waals surface area contributed by atoms with Gasteiger partial charge in [-0.05, 0) is 24.1 Å². The van der Waals surface area contributed by atoms with Crippen LogP contribution in [-0.2, 0) is 4.43 Å². The van der Waals surface area contributed by atoms with Gasteiger partial charge >= 0.3 is 0 Å². The predicted molar refractivity (Wildman–Crippen MR) is 121 cm³/mol. The van der Waals surface area contributed by atoms with E-state index in [0.717, 1.165) is 0 Å².